The van der Waals surface area contributed by atoms with Crippen molar-refractivity contribution < 1.29 is 14.4 Å². The van der Waals surface area contributed by atoms with Crippen LogP contribution >= 0.6 is 0 Å². The fraction of sp³-hybridized carbons (Fsp3) is 0.545. The number of hydrogen-bond donors (Lipinski definition) is 2. The summed E-state index contributed by atoms with van der Waals surface area (Å²) in [5.74, 6) is -0.693. The largest absolute Gasteiger partial charge is 0.366 e. The summed E-state index contributed by atoms with van der Waals surface area (Å²) in [7, 11) is 0. The van der Waals surface area contributed by atoms with Crippen molar-refractivity contribution in [3.8, 4) is 6.07 Å². The molecule has 4 N–H and O–H groups in total. The zero-order valence-electron chi connectivity index (χ0n) is 17.6. The van der Waals surface area contributed by atoms with Gasteiger partial charge in [0.05, 0.1) is 24.2 Å². The van der Waals surface area contributed by atoms with Crippen LogP contribution in [0, 0.1) is 11.3 Å². The van der Waals surface area contributed by atoms with Gasteiger partial charge in [0.25, 0.3) is 0 Å². The lowest BCUT2D eigenvalue weighted by Gasteiger charge is -2.38. The highest BCUT2D eigenvalue weighted by Gasteiger charge is 2.51. The Morgan fingerprint density at radius 3 is 2.81 bits per heavy atom. The molecule has 5 atom stereocenters. The molecule has 9 heteroatoms. The molecule has 3 saturated heterocycles. The molecule has 3 aliphatic rings. The number of likely N-dealkylation sites (tertiary alicyclic amines) is 3. The number of nitrogens with zero attached hydrogens (tertiary/aromatic N) is 4. The first kappa shape index (κ1) is 21.3. The summed E-state index contributed by atoms with van der Waals surface area (Å²) in [6, 6.07) is 7.64. The van der Waals surface area contributed by atoms with Crippen molar-refractivity contribution in [1.82, 2.24) is 14.7 Å². The molecule has 164 valence electrons. The minimum absolute atomic E-state index is 0.0175. The van der Waals surface area contributed by atoms with Crippen molar-refractivity contribution in [2.75, 3.05) is 19.6 Å². The number of rotatable bonds is 6. The zero-order chi connectivity index (χ0) is 22.3. The molecule has 0 radical (unpaired) electrons. The predicted molar refractivity (Wildman–Crippen MR) is 112 cm³/mol. The van der Waals surface area contributed by atoms with Gasteiger partial charge < -0.3 is 21.3 Å². The highest BCUT2D eigenvalue weighted by atomic mass is 16.2. The number of fused-ring (bicyclic) bond motifs is 2. The van der Waals surface area contributed by atoms with Crippen LogP contribution in [-0.4, -0.2) is 76.2 Å². The first-order chi connectivity index (χ1) is 14.8. The maximum atomic E-state index is 13.1. The Labute approximate surface area is 181 Å². The van der Waals surface area contributed by atoms with Crippen LogP contribution < -0.4 is 11.5 Å². The van der Waals surface area contributed by atoms with Gasteiger partial charge in [-0.1, -0.05) is 12.1 Å². The summed E-state index contributed by atoms with van der Waals surface area (Å²) in [5, 5.41) is 9.22. The number of piperazine rings is 1. The summed E-state index contributed by atoms with van der Waals surface area (Å²) in [6.07, 6.45) is 2.20. The molecule has 3 aliphatic heterocycles. The van der Waals surface area contributed by atoms with Gasteiger partial charge in [-0.2, -0.15) is 5.26 Å². The van der Waals surface area contributed by atoms with E-state index in [0.717, 1.165) is 12.0 Å². The molecule has 3 heterocycles. The van der Waals surface area contributed by atoms with Gasteiger partial charge in [-0.25, -0.2) is 0 Å². The van der Waals surface area contributed by atoms with Gasteiger partial charge in [0.2, 0.25) is 17.7 Å². The van der Waals surface area contributed by atoms with Gasteiger partial charge in [-0.15, -0.1) is 0 Å². The van der Waals surface area contributed by atoms with Gasteiger partial charge in [0.15, 0.2) is 0 Å². The highest BCUT2D eigenvalue weighted by molar-refractivity contribution is 5.93. The number of carbonyl (C=O) groups excluding carboxylic acids is 3. The number of hydrogen-bond acceptors (Lipinski definition) is 6. The molecule has 4 rings (SSSR count). The minimum atomic E-state index is -0.751. The Kier molecular flexibility index (Phi) is 5.69. The Morgan fingerprint density at radius 1 is 1.35 bits per heavy atom. The normalized spacial score (nSPS) is 27.4. The number of amides is 3. The standard InChI is InChI=1S/C22H28N6O3/c1-13(14-4-2-5-15(8-14)20(25)29)28-17-9-19(22(28)31)26(11-17)12-18(24)21(30)27-7-3-6-16(27)10-23/h2,4-5,8,13,16-19H,3,6-7,9,11-12,24H2,1H3,(H2,25,29)/t13-,16-,17?,18-,19+/m0/s1. The fourth-order valence-corrected chi connectivity index (χ4v) is 5.22. The van der Waals surface area contributed by atoms with Crippen LogP contribution in [0.15, 0.2) is 24.3 Å². The third-order valence-electron chi connectivity index (χ3n) is 6.82. The molecule has 1 aromatic rings. The van der Waals surface area contributed by atoms with Crippen LogP contribution in [0.3, 0.4) is 0 Å². The number of nitrogens with two attached hydrogens (primary N) is 2. The van der Waals surface area contributed by atoms with Gasteiger partial charge >= 0.3 is 0 Å². The molecule has 1 aromatic carbocycles. The van der Waals surface area contributed by atoms with Crippen LogP contribution in [0.1, 0.15) is 48.1 Å². The molecule has 2 bridgehead atoms. The van der Waals surface area contributed by atoms with Crippen molar-refractivity contribution in [2.45, 2.75) is 56.4 Å². The third kappa shape index (κ3) is 3.77. The number of carbonyl (C=O) groups is 3. The maximum absolute atomic E-state index is 13.1. The summed E-state index contributed by atoms with van der Waals surface area (Å²) in [6.45, 7) is 3.47. The Balaban J connectivity index is 1.41. The Bertz CT molecular complexity index is 943. The van der Waals surface area contributed by atoms with Crippen molar-refractivity contribution in [1.29, 1.82) is 5.26 Å². The first-order valence-electron chi connectivity index (χ1n) is 10.7. The second kappa shape index (κ2) is 8.29. The smallest absolute Gasteiger partial charge is 0.248 e. The van der Waals surface area contributed by atoms with E-state index in [-0.39, 0.29) is 29.9 Å². The van der Waals surface area contributed by atoms with Crippen LogP contribution in [-0.2, 0) is 9.59 Å². The third-order valence-corrected chi connectivity index (χ3v) is 6.82. The number of primary amides is 1. The van der Waals surface area contributed by atoms with Gasteiger partial charge in [-0.05, 0) is 43.9 Å². The molecule has 0 spiro atoms. The number of nitriles is 1. The van der Waals surface area contributed by atoms with Crippen LogP contribution in [0.4, 0.5) is 0 Å². The van der Waals surface area contributed by atoms with Crippen molar-refractivity contribution in [3.05, 3.63) is 35.4 Å². The summed E-state index contributed by atoms with van der Waals surface area (Å²) in [4.78, 5) is 42.8. The molecule has 9 nitrogen and oxygen atoms in total. The van der Waals surface area contributed by atoms with E-state index in [9.17, 15) is 19.6 Å². The van der Waals surface area contributed by atoms with E-state index < -0.39 is 18.0 Å². The molecule has 3 amide bonds. The van der Waals surface area contributed by atoms with E-state index in [4.69, 9.17) is 11.5 Å². The van der Waals surface area contributed by atoms with Gasteiger partial charge in [0, 0.05) is 31.2 Å². The van der Waals surface area contributed by atoms with E-state index in [1.54, 1.807) is 23.1 Å². The molecule has 3 fully saturated rings. The van der Waals surface area contributed by atoms with E-state index in [1.807, 2.05) is 22.8 Å². The molecular formula is C22H28N6O3. The van der Waals surface area contributed by atoms with Crippen molar-refractivity contribution in [3.63, 3.8) is 0 Å². The lowest BCUT2D eigenvalue weighted by atomic mass is 10.0. The summed E-state index contributed by atoms with van der Waals surface area (Å²) in [5.41, 5.74) is 12.9. The second-order valence-corrected chi connectivity index (χ2v) is 8.70. The van der Waals surface area contributed by atoms with Gasteiger partial charge in [-0.3, -0.25) is 19.3 Å². The quantitative estimate of drug-likeness (QED) is 0.658. The molecule has 0 aromatic heterocycles. The van der Waals surface area contributed by atoms with E-state index >= 15 is 0 Å². The van der Waals surface area contributed by atoms with Crippen molar-refractivity contribution >= 4 is 17.7 Å². The topological polar surface area (TPSA) is 137 Å². The van der Waals surface area contributed by atoms with Crippen LogP contribution in [0.2, 0.25) is 0 Å². The monoisotopic (exact) mass is 424 g/mol. The fourth-order valence-electron chi connectivity index (χ4n) is 5.22. The highest BCUT2D eigenvalue weighted by Crippen LogP contribution is 2.38. The maximum Gasteiger partial charge on any atom is 0.248 e. The summed E-state index contributed by atoms with van der Waals surface area (Å²) < 4.78 is 0. The van der Waals surface area contributed by atoms with E-state index in [0.29, 0.717) is 38.0 Å². The second-order valence-electron chi connectivity index (χ2n) is 8.70. The lowest BCUT2D eigenvalue weighted by molar-refractivity contribution is -0.140. The van der Waals surface area contributed by atoms with Gasteiger partial charge in [0.1, 0.15) is 6.04 Å². The zero-order valence-corrected chi connectivity index (χ0v) is 17.6. The molecule has 31 heavy (non-hydrogen) atoms. The molecule has 1 unspecified atom stereocenters. The summed E-state index contributed by atoms with van der Waals surface area (Å²) >= 11 is 0. The van der Waals surface area contributed by atoms with Crippen LogP contribution in [0.25, 0.3) is 0 Å². The van der Waals surface area contributed by atoms with Crippen LogP contribution in [0.5, 0.6) is 0 Å². The molecule has 0 aliphatic carbocycles. The minimum Gasteiger partial charge on any atom is -0.366 e. The molecular weight excluding hydrogens is 396 g/mol. The first-order valence-corrected chi connectivity index (χ1v) is 10.7. The average molecular weight is 425 g/mol. The Hall–Kier alpha value is -2.96. The number of benzene rings is 1. The predicted octanol–water partition coefficient (Wildman–Crippen LogP) is -0.0265. The lowest BCUT2D eigenvalue weighted by Crippen LogP contribution is -2.56. The van der Waals surface area contributed by atoms with E-state index in [2.05, 4.69) is 6.07 Å². The van der Waals surface area contributed by atoms with Crippen molar-refractivity contribution in [2.24, 2.45) is 11.5 Å². The van der Waals surface area contributed by atoms with E-state index in [1.165, 1.54) is 0 Å². The average Bonchev–Trinajstić information content (AvgIpc) is 3.47. The molecule has 0 saturated carbocycles. The Morgan fingerprint density at radius 2 is 2.13 bits per heavy atom. The SMILES string of the molecule is C[C@@H](c1cccc(C(N)=O)c1)N1C(=O)[C@H]2CC1CN2C[C@H](N)C(=O)N1CCC[C@H]1C#N.